The molecule has 4 nitrogen and oxygen atoms in total. The number of aryl methyl sites for hydroxylation is 1. The van der Waals surface area contributed by atoms with Crippen LogP contribution in [0.4, 0.5) is 5.69 Å². The largest absolute Gasteiger partial charge is 0.339 e. The fourth-order valence-corrected chi connectivity index (χ4v) is 3.75. The molecule has 0 N–H and O–H groups in total. The number of anilines is 1. The molecule has 1 aromatic rings. The predicted molar refractivity (Wildman–Crippen MR) is 93.8 cm³/mol. The highest BCUT2D eigenvalue weighted by Gasteiger charge is 2.43. The van der Waals surface area contributed by atoms with Crippen LogP contribution in [0.3, 0.4) is 0 Å². The predicted octanol–water partition coefficient (Wildman–Crippen LogP) is 3.06. The maximum Gasteiger partial charge on any atom is 0.228 e. The Labute approximate surface area is 143 Å². The molecule has 2 saturated carbocycles. The standard InChI is InChI=1S/C20H26N2O2/c1-13-4-3-5-18(14(13)2)22-12-16(10-19(22)23)20(24)21(17-8-9-17)11-15-6-7-15/h3-5,15-17H,6-12H2,1-2H3. The van der Waals surface area contributed by atoms with Gasteiger partial charge in [0.15, 0.2) is 0 Å². The highest BCUT2D eigenvalue weighted by atomic mass is 16.2. The minimum absolute atomic E-state index is 0.0872. The average molecular weight is 326 g/mol. The lowest BCUT2D eigenvalue weighted by atomic mass is 10.1. The molecule has 1 heterocycles. The zero-order valence-corrected chi connectivity index (χ0v) is 14.6. The minimum Gasteiger partial charge on any atom is -0.339 e. The Morgan fingerprint density at radius 2 is 1.96 bits per heavy atom. The number of amides is 2. The highest BCUT2D eigenvalue weighted by molar-refractivity contribution is 6.01. The summed E-state index contributed by atoms with van der Waals surface area (Å²) in [5.74, 6) is 0.841. The monoisotopic (exact) mass is 326 g/mol. The lowest BCUT2D eigenvalue weighted by molar-refractivity contribution is -0.136. The van der Waals surface area contributed by atoms with Crippen LogP contribution in [0.15, 0.2) is 18.2 Å². The van der Waals surface area contributed by atoms with E-state index in [-0.39, 0.29) is 17.7 Å². The van der Waals surface area contributed by atoms with Gasteiger partial charge in [-0.15, -0.1) is 0 Å². The lowest BCUT2D eigenvalue weighted by Gasteiger charge is -2.26. The van der Waals surface area contributed by atoms with Crippen molar-refractivity contribution < 1.29 is 9.59 Å². The Morgan fingerprint density at radius 3 is 2.62 bits per heavy atom. The Bertz CT molecular complexity index is 676. The molecule has 0 bridgehead atoms. The molecule has 3 fully saturated rings. The third-order valence-corrected chi connectivity index (χ3v) is 5.76. The third-order valence-electron chi connectivity index (χ3n) is 5.76. The highest BCUT2D eigenvalue weighted by Crippen LogP contribution is 2.37. The summed E-state index contributed by atoms with van der Waals surface area (Å²) in [7, 11) is 0. The summed E-state index contributed by atoms with van der Waals surface area (Å²) in [5.41, 5.74) is 3.29. The summed E-state index contributed by atoms with van der Waals surface area (Å²) in [5, 5.41) is 0. The van der Waals surface area contributed by atoms with Crippen LogP contribution in [0.2, 0.25) is 0 Å². The zero-order valence-electron chi connectivity index (χ0n) is 14.6. The van der Waals surface area contributed by atoms with Crippen LogP contribution < -0.4 is 4.90 Å². The van der Waals surface area contributed by atoms with Gasteiger partial charge in [-0.05, 0) is 62.6 Å². The van der Waals surface area contributed by atoms with Crippen LogP contribution in [-0.2, 0) is 9.59 Å². The minimum atomic E-state index is -0.170. The summed E-state index contributed by atoms with van der Waals surface area (Å²) in [6.07, 6.45) is 5.16. The Kier molecular flexibility index (Phi) is 3.86. The summed E-state index contributed by atoms with van der Waals surface area (Å²) >= 11 is 0. The lowest BCUT2D eigenvalue weighted by Crippen LogP contribution is -2.40. The Morgan fingerprint density at radius 1 is 1.21 bits per heavy atom. The van der Waals surface area contributed by atoms with Crippen molar-refractivity contribution in [3.8, 4) is 0 Å². The molecular formula is C20H26N2O2. The number of hydrogen-bond acceptors (Lipinski definition) is 2. The fourth-order valence-electron chi connectivity index (χ4n) is 3.75. The van der Waals surface area contributed by atoms with E-state index < -0.39 is 0 Å². The van der Waals surface area contributed by atoms with Crippen LogP contribution in [0.1, 0.15) is 43.2 Å². The average Bonchev–Trinajstić information content (AvgIpc) is 3.46. The second-order valence-electron chi connectivity index (χ2n) is 7.79. The number of hydrogen-bond donors (Lipinski definition) is 0. The maximum atomic E-state index is 13.0. The first-order valence-corrected chi connectivity index (χ1v) is 9.21. The van der Waals surface area contributed by atoms with Crippen LogP contribution in [-0.4, -0.2) is 35.8 Å². The number of carbonyl (C=O) groups is 2. The third kappa shape index (κ3) is 2.94. The molecule has 2 amide bonds. The van der Waals surface area contributed by atoms with Gasteiger partial charge >= 0.3 is 0 Å². The van der Waals surface area contributed by atoms with Gasteiger partial charge in [-0.3, -0.25) is 9.59 Å². The van der Waals surface area contributed by atoms with Crippen molar-refractivity contribution in [1.82, 2.24) is 4.90 Å². The van der Waals surface area contributed by atoms with Gasteiger partial charge in [0.25, 0.3) is 0 Å². The molecule has 4 heteroatoms. The number of carbonyl (C=O) groups excluding carboxylic acids is 2. The summed E-state index contributed by atoms with van der Waals surface area (Å²) in [4.78, 5) is 29.5. The van der Waals surface area contributed by atoms with E-state index in [2.05, 4.69) is 24.8 Å². The number of nitrogens with zero attached hydrogens (tertiary/aromatic N) is 2. The topological polar surface area (TPSA) is 40.6 Å². The first-order chi connectivity index (χ1) is 11.5. The summed E-state index contributed by atoms with van der Waals surface area (Å²) in [6, 6.07) is 6.49. The van der Waals surface area contributed by atoms with E-state index in [1.165, 1.54) is 18.4 Å². The molecule has 2 aliphatic carbocycles. The quantitative estimate of drug-likeness (QED) is 0.834. The molecule has 1 aromatic carbocycles. The van der Waals surface area contributed by atoms with E-state index in [1.807, 2.05) is 17.0 Å². The second-order valence-corrected chi connectivity index (χ2v) is 7.79. The van der Waals surface area contributed by atoms with Gasteiger partial charge in [0.1, 0.15) is 0 Å². The smallest absolute Gasteiger partial charge is 0.228 e. The molecule has 4 rings (SSSR count). The van der Waals surface area contributed by atoms with Crippen molar-refractivity contribution in [2.45, 2.75) is 52.0 Å². The van der Waals surface area contributed by atoms with Gasteiger partial charge in [-0.25, -0.2) is 0 Å². The normalized spacial score (nSPS) is 23.7. The Balaban J connectivity index is 1.50. The molecule has 0 radical (unpaired) electrons. The summed E-state index contributed by atoms with van der Waals surface area (Å²) in [6.45, 7) is 5.57. The molecule has 0 aromatic heterocycles. The zero-order chi connectivity index (χ0) is 16.8. The number of rotatable bonds is 5. The molecule has 1 saturated heterocycles. The first-order valence-electron chi connectivity index (χ1n) is 9.21. The van der Waals surface area contributed by atoms with E-state index in [9.17, 15) is 9.59 Å². The van der Waals surface area contributed by atoms with Crippen molar-refractivity contribution >= 4 is 17.5 Å². The van der Waals surface area contributed by atoms with Crippen LogP contribution in [0, 0.1) is 25.7 Å². The van der Waals surface area contributed by atoms with Crippen LogP contribution >= 0.6 is 0 Å². The molecule has 128 valence electrons. The number of benzene rings is 1. The first kappa shape index (κ1) is 15.7. The van der Waals surface area contributed by atoms with Gasteiger partial charge in [0.05, 0.1) is 5.92 Å². The van der Waals surface area contributed by atoms with Crippen LogP contribution in [0.5, 0.6) is 0 Å². The van der Waals surface area contributed by atoms with E-state index >= 15 is 0 Å². The second kappa shape index (κ2) is 5.91. The van der Waals surface area contributed by atoms with Gasteiger partial charge < -0.3 is 9.80 Å². The van der Waals surface area contributed by atoms with Crippen LogP contribution in [0.25, 0.3) is 0 Å². The molecule has 1 atom stereocenters. The van der Waals surface area contributed by atoms with Crippen molar-refractivity contribution in [2.24, 2.45) is 11.8 Å². The molecule has 1 unspecified atom stereocenters. The van der Waals surface area contributed by atoms with Gasteiger partial charge in [-0.1, -0.05) is 12.1 Å². The SMILES string of the molecule is Cc1cccc(N2CC(C(=O)N(CC3CC3)C3CC3)CC2=O)c1C. The van der Waals surface area contributed by atoms with Crippen molar-refractivity contribution in [3.05, 3.63) is 29.3 Å². The van der Waals surface area contributed by atoms with E-state index in [4.69, 9.17) is 0 Å². The van der Waals surface area contributed by atoms with Crippen molar-refractivity contribution in [1.29, 1.82) is 0 Å². The molecular weight excluding hydrogens is 300 g/mol. The van der Waals surface area contributed by atoms with Gasteiger partial charge in [0, 0.05) is 31.2 Å². The molecule has 0 spiro atoms. The van der Waals surface area contributed by atoms with Gasteiger partial charge in [-0.2, -0.15) is 0 Å². The van der Waals surface area contributed by atoms with E-state index in [1.54, 1.807) is 0 Å². The maximum absolute atomic E-state index is 13.0. The molecule has 24 heavy (non-hydrogen) atoms. The summed E-state index contributed by atoms with van der Waals surface area (Å²) < 4.78 is 0. The van der Waals surface area contributed by atoms with Gasteiger partial charge in [0.2, 0.25) is 11.8 Å². The van der Waals surface area contributed by atoms with Crippen molar-refractivity contribution in [3.63, 3.8) is 0 Å². The fraction of sp³-hybridized carbons (Fsp3) is 0.600. The van der Waals surface area contributed by atoms with E-state index in [0.29, 0.717) is 24.9 Å². The van der Waals surface area contributed by atoms with E-state index in [0.717, 1.165) is 30.6 Å². The Hall–Kier alpha value is -1.84. The van der Waals surface area contributed by atoms with Crippen molar-refractivity contribution in [2.75, 3.05) is 18.0 Å². The molecule has 1 aliphatic heterocycles. The molecule has 3 aliphatic rings.